The van der Waals surface area contributed by atoms with Gasteiger partial charge in [0.25, 0.3) is 0 Å². The molecule has 0 unspecified atom stereocenters. The summed E-state index contributed by atoms with van der Waals surface area (Å²) in [6.07, 6.45) is 1.30. The lowest BCUT2D eigenvalue weighted by atomic mass is 10.3. The van der Waals surface area contributed by atoms with Gasteiger partial charge in [-0.15, -0.1) is 0 Å². The molecule has 0 aliphatic heterocycles. The van der Waals surface area contributed by atoms with Crippen molar-refractivity contribution < 1.29 is 14.3 Å². The van der Waals surface area contributed by atoms with Gasteiger partial charge >= 0.3 is 6.03 Å². The predicted octanol–water partition coefficient (Wildman–Crippen LogP) is 1.97. The number of hydrogen-bond acceptors (Lipinski definition) is 3. The van der Waals surface area contributed by atoms with E-state index in [4.69, 9.17) is 9.47 Å². The van der Waals surface area contributed by atoms with Crippen LogP contribution in [0.15, 0.2) is 31.0 Å². The Bertz CT molecular complexity index is 391. The number of anilines is 1. The first kappa shape index (κ1) is 11.9. The number of nitrogens with one attached hydrogen (secondary N) is 2. The number of benzene rings is 1. The predicted molar refractivity (Wildman–Crippen MR) is 61.9 cm³/mol. The molecule has 0 radical (unpaired) electrons. The van der Waals surface area contributed by atoms with Gasteiger partial charge in [-0.1, -0.05) is 6.58 Å². The molecule has 0 spiro atoms. The van der Waals surface area contributed by atoms with Crippen molar-refractivity contribution in [2.24, 2.45) is 0 Å². The fourth-order valence-electron chi connectivity index (χ4n) is 1.17. The highest BCUT2D eigenvalue weighted by Crippen LogP contribution is 2.29. The molecule has 0 atom stereocenters. The van der Waals surface area contributed by atoms with E-state index in [1.807, 2.05) is 0 Å². The zero-order valence-electron chi connectivity index (χ0n) is 9.24. The molecule has 1 rings (SSSR count). The SMILES string of the molecule is C=CNC(=O)Nc1ccc(OC)c(OC)c1. The summed E-state index contributed by atoms with van der Waals surface area (Å²) in [4.78, 5) is 11.2. The van der Waals surface area contributed by atoms with Crippen molar-refractivity contribution in [1.29, 1.82) is 0 Å². The number of carbonyl (C=O) groups excluding carboxylic acids is 1. The first-order valence-corrected chi connectivity index (χ1v) is 4.61. The molecule has 0 saturated heterocycles. The molecule has 0 aromatic heterocycles. The normalized spacial score (nSPS) is 9.12. The molecular weight excluding hydrogens is 208 g/mol. The molecule has 86 valence electrons. The van der Waals surface area contributed by atoms with E-state index in [9.17, 15) is 4.79 Å². The highest BCUT2D eigenvalue weighted by Gasteiger charge is 2.05. The van der Waals surface area contributed by atoms with Gasteiger partial charge in [-0.2, -0.15) is 0 Å². The second-order valence-corrected chi connectivity index (χ2v) is 2.87. The second kappa shape index (κ2) is 5.65. The lowest BCUT2D eigenvalue weighted by molar-refractivity contribution is 0.255. The maximum absolute atomic E-state index is 11.2. The van der Waals surface area contributed by atoms with Crippen molar-refractivity contribution in [2.75, 3.05) is 19.5 Å². The van der Waals surface area contributed by atoms with E-state index in [1.54, 1.807) is 25.3 Å². The van der Waals surface area contributed by atoms with E-state index in [2.05, 4.69) is 17.2 Å². The maximum Gasteiger partial charge on any atom is 0.323 e. The van der Waals surface area contributed by atoms with Gasteiger partial charge < -0.3 is 20.1 Å². The van der Waals surface area contributed by atoms with Gasteiger partial charge in [0.1, 0.15) is 0 Å². The zero-order valence-corrected chi connectivity index (χ0v) is 9.24. The Hall–Kier alpha value is -2.17. The molecule has 2 N–H and O–H groups in total. The molecule has 0 aliphatic carbocycles. The van der Waals surface area contributed by atoms with Crippen LogP contribution in [0.5, 0.6) is 11.5 Å². The highest BCUT2D eigenvalue weighted by molar-refractivity contribution is 5.90. The van der Waals surface area contributed by atoms with Gasteiger partial charge in [0.05, 0.1) is 14.2 Å². The third-order valence-electron chi connectivity index (χ3n) is 1.87. The summed E-state index contributed by atoms with van der Waals surface area (Å²) in [5.41, 5.74) is 0.608. The summed E-state index contributed by atoms with van der Waals surface area (Å²) in [5.74, 6) is 1.16. The average molecular weight is 222 g/mol. The zero-order chi connectivity index (χ0) is 12.0. The number of rotatable bonds is 4. The minimum absolute atomic E-state index is 0.359. The molecular formula is C11H14N2O3. The lowest BCUT2D eigenvalue weighted by Crippen LogP contribution is -2.23. The largest absolute Gasteiger partial charge is 0.493 e. The summed E-state index contributed by atoms with van der Waals surface area (Å²) in [5, 5.41) is 5.01. The van der Waals surface area contributed by atoms with Crippen molar-refractivity contribution in [3.8, 4) is 11.5 Å². The van der Waals surface area contributed by atoms with E-state index in [-0.39, 0.29) is 6.03 Å². The number of urea groups is 1. The van der Waals surface area contributed by atoms with Crippen LogP contribution in [0.25, 0.3) is 0 Å². The Morgan fingerprint density at radius 3 is 2.56 bits per heavy atom. The van der Waals surface area contributed by atoms with Crippen LogP contribution in [-0.2, 0) is 0 Å². The molecule has 1 aromatic carbocycles. The Kier molecular flexibility index (Phi) is 4.20. The number of hydrogen-bond donors (Lipinski definition) is 2. The summed E-state index contributed by atoms with van der Waals surface area (Å²) >= 11 is 0. The topological polar surface area (TPSA) is 59.6 Å². The first-order chi connectivity index (χ1) is 7.71. The Morgan fingerprint density at radius 1 is 1.31 bits per heavy atom. The monoisotopic (exact) mass is 222 g/mol. The van der Waals surface area contributed by atoms with E-state index >= 15 is 0 Å². The third kappa shape index (κ3) is 2.91. The third-order valence-corrected chi connectivity index (χ3v) is 1.87. The quantitative estimate of drug-likeness (QED) is 0.818. The molecule has 0 aliphatic rings. The standard InChI is InChI=1S/C11H14N2O3/c1-4-12-11(14)13-8-5-6-9(15-2)10(7-8)16-3/h4-7H,1H2,2-3H3,(H2,12,13,14). The lowest BCUT2D eigenvalue weighted by Gasteiger charge is -2.10. The minimum Gasteiger partial charge on any atom is -0.493 e. The van der Waals surface area contributed by atoms with Gasteiger partial charge in [0, 0.05) is 11.8 Å². The van der Waals surface area contributed by atoms with Crippen molar-refractivity contribution in [3.05, 3.63) is 31.0 Å². The van der Waals surface area contributed by atoms with Gasteiger partial charge in [0.2, 0.25) is 0 Å². The maximum atomic E-state index is 11.2. The van der Waals surface area contributed by atoms with Gasteiger partial charge in [0.15, 0.2) is 11.5 Å². The summed E-state index contributed by atoms with van der Waals surface area (Å²) in [6, 6.07) is 4.73. The van der Waals surface area contributed by atoms with Crippen LogP contribution in [0.1, 0.15) is 0 Å². The molecule has 0 fully saturated rings. The molecule has 5 nitrogen and oxygen atoms in total. The molecule has 16 heavy (non-hydrogen) atoms. The van der Waals surface area contributed by atoms with Gasteiger partial charge in [-0.25, -0.2) is 4.79 Å². The average Bonchev–Trinajstić information content (AvgIpc) is 2.29. The Balaban J connectivity index is 2.82. The molecule has 5 heteroatoms. The van der Waals surface area contributed by atoms with Crippen LogP contribution in [0.4, 0.5) is 10.5 Å². The Labute approximate surface area is 94.1 Å². The first-order valence-electron chi connectivity index (χ1n) is 4.61. The van der Waals surface area contributed by atoms with Crippen molar-refractivity contribution in [2.45, 2.75) is 0 Å². The smallest absolute Gasteiger partial charge is 0.323 e. The number of ether oxygens (including phenoxy) is 2. The summed E-state index contributed by atoms with van der Waals surface area (Å²) in [6.45, 7) is 3.39. The van der Waals surface area contributed by atoms with Crippen LogP contribution in [0.3, 0.4) is 0 Å². The minimum atomic E-state index is -0.359. The fourth-order valence-corrected chi connectivity index (χ4v) is 1.17. The highest BCUT2D eigenvalue weighted by atomic mass is 16.5. The van der Waals surface area contributed by atoms with Crippen LogP contribution in [0.2, 0.25) is 0 Å². The molecule has 1 aromatic rings. The molecule has 2 amide bonds. The van der Waals surface area contributed by atoms with E-state index in [0.29, 0.717) is 17.2 Å². The van der Waals surface area contributed by atoms with Gasteiger partial charge in [-0.3, -0.25) is 0 Å². The van der Waals surface area contributed by atoms with Crippen LogP contribution in [-0.4, -0.2) is 20.3 Å². The summed E-state index contributed by atoms with van der Waals surface area (Å²) < 4.78 is 10.2. The fraction of sp³-hybridized carbons (Fsp3) is 0.182. The van der Waals surface area contributed by atoms with Gasteiger partial charge in [-0.05, 0) is 18.3 Å². The van der Waals surface area contributed by atoms with Crippen molar-refractivity contribution in [1.82, 2.24) is 5.32 Å². The number of amides is 2. The number of methoxy groups -OCH3 is 2. The Morgan fingerprint density at radius 2 is 2.00 bits per heavy atom. The molecule has 0 heterocycles. The van der Waals surface area contributed by atoms with Crippen molar-refractivity contribution in [3.63, 3.8) is 0 Å². The van der Waals surface area contributed by atoms with Crippen LogP contribution >= 0.6 is 0 Å². The van der Waals surface area contributed by atoms with Crippen molar-refractivity contribution >= 4 is 11.7 Å². The number of carbonyl (C=O) groups is 1. The van der Waals surface area contributed by atoms with E-state index < -0.39 is 0 Å². The summed E-state index contributed by atoms with van der Waals surface area (Å²) in [7, 11) is 3.08. The molecule has 0 saturated carbocycles. The van der Waals surface area contributed by atoms with E-state index in [0.717, 1.165) is 0 Å². The van der Waals surface area contributed by atoms with E-state index in [1.165, 1.54) is 13.3 Å². The molecule has 0 bridgehead atoms. The second-order valence-electron chi connectivity index (χ2n) is 2.87. The van der Waals surface area contributed by atoms with Crippen LogP contribution < -0.4 is 20.1 Å². The van der Waals surface area contributed by atoms with Crippen LogP contribution in [0, 0.1) is 0 Å².